The predicted molar refractivity (Wildman–Crippen MR) is 94.6 cm³/mol. The van der Waals surface area contributed by atoms with Crippen LogP contribution in [0.4, 0.5) is 10.1 Å². The molecule has 2 aromatic carbocycles. The fourth-order valence-corrected chi connectivity index (χ4v) is 2.74. The highest BCUT2D eigenvalue weighted by Gasteiger charge is 2.21. The fourth-order valence-electron chi connectivity index (χ4n) is 2.74. The van der Waals surface area contributed by atoms with E-state index in [1.54, 1.807) is 0 Å². The van der Waals surface area contributed by atoms with Crippen molar-refractivity contribution in [3.8, 4) is 0 Å². The molecule has 6 heteroatoms. The third-order valence-electron chi connectivity index (χ3n) is 3.90. The summed E-state index contributed by atoms with van der Waals surface area (Å²) in [5, 5.41) is 6.39. The summed E-state index contributed by atoms with van der Waals surface area (Å²) in [6.07, 6.45) is 2.18. The van der Waals surface area contributed by atoms with Crippen LogP contribution in [0, 0.1) is 5.82 Å². The third-order valence-corrected chi connectivity index (χ3v) is 3.90. The van der Waals surface area contributed by atoms with E-state index in [2.05, 4.69) is 15.6 Å². The Morgan fingerprint density at radius 2 is 1.84 bits per heavy atom. The first-order valence-electron chi connectivity index (χ1n) is 7.91. The Labute approximate surface area is 144 Å². The Morgan fingerprint density at radius 3 is 2.56 bits per heavy atom. The van der Waals surface area contributed by atoms with E-state index in [9.17, 15) is 14.0 Å². The molecule has 3 rings (SSSR count). The van der Waals surface area contributed by atoms with E-state index in [0.717, 1.165) is 16.5 Å². The first-order valence-corrected chi connectivity index (χ1v) is 7.91. The highest BCUT2D eigenvalue weighted by Crippen LogP contribution is 2.19. The molecule has 25 heavy (non-hydrogen) atoms. The summed E-state index contributed by atoms with van der Waals surface area (Å²) < 4.78 is 13.0. The van der Waals surface area contributed by atoms with Gasteiger partial charge in [-0.15, -0.1) is 0 Å². The van der Waals surface area contributed by atoms with Gasteiger partial charge in [-0.2, -0.15) is 0 Å². The van der Waals surface area contributed by atoms with Crippen LogP contribution in [0.1, 0.15) is 12.5 Å². The van der Waals surface area contributed by atoms with Gasteiger partial charge in [0, 0.05) is 36.1 Å². The molecule has 0 aliphatic heterocycles. The minimum absolute atomic E-state index is 0.293. The minimum Gasteiger partial charge on any atom is -0.361 e. The van der Waals surface area contributed by atoms with Crippen LogP contribution >= 0.6 is 0 Å². The van der Waals surface area contributed by atoms with Gasteiger partial charge < -0.3 is 15.6 Å². The number of carbonyl (C=O) groups excluding carboxylic acids is 2. The quantitative estimate of drug-likeness (QED) is 0.668. The van der Waals surface area contributed by atoms with E-state index < -0.39 is 6.04 Å². The first kappa shape index (κ1) is 16.7. The van der Waals surface area contributed by atoms with Crippen molar-refractivity contribution in [1.82, 2.24) is 10.3 Å². The standard InChI is InChI=1S/C19H18FN3O2/c1-12(24)22-18(19(25)23-15-8-6-14(20)7-9-15)10-13-11-21-17-5-3-2-4-16(13)17/h2-9,11,18,21H,10H2,1H3,(H,22,24)(H,23,25). The number of aromatic nitrogens is 1. The van der Waals surface area contributed by atoms with Gasteiger partial charge in [-0.1, -0.05) is 18.2 Å². The van der Waals surface area contributed by atoms with E-state index in [-0.39, 0.29) is 17.6 Å². The van der Waals surface area contributed by atoms with Gasteiger partial charge in [0.1, 0.15) is 11.9 Å². The molecule has 0 saturated heterocycles. The molecule has 128 valence electrons. The Balaban J connectivity index is 1.80. The number of aromatic amines is 1. The van der Waals surface area contributed by atoms with Crippen LogP contribution in [0.25, 0.3) is 10.9 Å². The van der Waals surface area contributed by atoms with Gasteiger partial charge in [0.05, 0.1) is 0 Å². The minimum atomic E-state index is -0.734. The average Bonchev–Trinajstić information content (AvgIpc) is 2.99. The summed E-state index contributed by atoms with van der Waals surface area (Å²) in [5.74, 6) is -1.03. The second-order valence-corrected chi connectivity index (χ2v) is 5.81. The third kappa shape index (κ3) is 4.03. The highest BCUT2D eigenvalue weighted by molar-refractivity contribution is 5.97. The molecule has 0 aliphatic rings. The summed E-state index contributed by atoms with van der Waals surface area (Å²) in [4.78, 5) is 27.2. The van der Waals surface area contributed by atoms with Crippen LogP contribution in [-0.4, -0.2) is 22.8 Å². The molecule has 3 aromatic rings. The van der Waals surface area contributed by atoms with Crippen molar-refractivity contribution in [1.29, 1.82) is 0 Å². The lowest BCUT2D eigenvalue weighted by molar-refractivity contribution is -0.125. The summed E-state index contributed by atoms with van der Waals surface area (Å²) in [5.41, 5.74) is 2.38. The maximum atomic E-state index is 13.0. The normalized spacial score (nSPS) is 11.9. The van der Waals surface area contributed by atoms with E-state index in [1.807, 2.05) is 30.5 Å². The van der Waals surface area contributed by atoms with Gasteiger partial charge in [0.25, 0.3) is 0 Å². The van der Waals surface area contributed by atoms with Crippen LogP contribution in [0.3, 0.4) is 0 Å². The predicted octanol–water partition coefficient (Wildman–Crippen LogP) is 2.99. The van der Waals surface area contributed by atoms with E-state index in [0.29, 0.717) is 12.1 Å². The SMILES string of the molecule is CC(=O)NC(Cc1c[nH]c2ccccc12)C(=O)Nc1ccc(F)cc1. The Kier molecular flexibility index (Phi) is 4.79. The van der Waals surface area contributed by atoms with Gasteiger partial charge in [0.2, 0.25) is 11.8 Å². The van der Waals surface area contributed by atoms with Crippen LogP contribution in [0.5, 0.6) is 0 Å². The number of anilines is 1. The number of hydrogen-bond acceptors (Lipinski definition) is 2. The first-order chi connectivity index (χ1) is 12.0. The lowest BCUT2D eigenvalue weighted by Gasteiger charge is -2.17. The summed E-state index contributed by atoms with van der Waals surface area (Å²) in [6.45, 7) is 1.37. The smallest absolute Gasteiger partial charge is 0.247 e. The Bertz CT molecular complexity index is 902. The molecule has 0 bridgehead atoms. The number of carbonyl (C=O) groups is 2. The van der Waals surface area contributed by atoms with Gasteiger partial charge >= 0.3 is 0 Å². The molecule has 3 N–H and O–H groups in total. The largest absolute Gasteiger partial charge is 0.361 e. The van der Waals surface area contributed by atoms with Crippen molar-refractivity contribution in [2.24, 2.45) is 0 Å². The van der Waals surface area contributed by atoms with Crippen LogP contribution < -0.4 is 10.6 Å². The number of benzene rings is 2. The summed E-state index contributed by atoms with van der Waals surface area (Å²) in [6, 6.07) is 12.5. The zero-order chi connectivity index (χ0) is 17.8. The van der Waals surface area contributed by atoms with E-state index in [1.165, 1.54) is 31.2 Å². The molecule has 0 spiro atoms. The number of hydrogen-bond donors (Lipinski definition) is 3. The molecule has 0 radical (unpaired) electrons. The number of amides is 2. The van der Waals surface area contributed by atoms with Gasteiger partial charge in [-0.05, 0) is 35.9 Å². The maximum absolute atomic E-state index is 13.0. The zero-order valence-corrected chi connectivity index (χ0v) is 13.7. The second-order valence-electron chi connectivity index (χ2n) is 5.81. The number of para-hydroxylation sites is 1. The summed E-state index contributed by atoms with van der Waals surface area (Å²) in [7, 11) is 0. The molecular weight excluding hydrogens is 321 g/mol. The van der Waals surface area contributed by atoms with Gasteiger partial charge in [0.15, 0.2) is 0 Å². The van der Waals surface area contributed by atoms with Crippen molar-refractivity contribution in [2.45, 2.75) is 19.4 Å². The van der Waals surface area contributed by atoms with Crippen LogP contribution in [0.15, 0.2) is 54.7 Å². The van der Waals surface area contributed by atoms with Crippen molar-refractivity contribution < 1.29 is 14.0 Å². The van der Waals surface area contributed by atoms with Crippen molar-refractivity contribution in [2.75, 3.05) is 5.32 Å². The van der Waals surface area contributed by atoms with Crippen LogP contribution in [-0.2, 0) is 16.0 Å². The number of rotatable bonds is 5. The number of halogens is 1. The number of H-pyrrole nitrogens is 1. The number of fused-ring (bicyclic) bond motifs is 1. The molecule has 0 fully saturated rings. The average molecular weight is 339 g/mol. The zero-order valence-electron chi connectivity index (χ0n) is 13.7. The van der Waals surface area contributed by atoms with Crippen molar-refractivity contribution >= 4 is 28.4 Å². The molecule has 0 aliphatic carbocycles. The molecule has 1 unspecified atom stereocenters. The monoisotopic (exact) mass is 339 g/mol. The van der Waals surface area contributed by atoms with Crippen LogP contribution in [0.2, 0.25) is 0 Å². The van der Waals surface area contributed by atoms with Crippen molar-refractivity contribution in [3.63, 3.8) is 0 Å². The maximum Gasteiger partial charge on any atom is 0.247 e. The number of nitrogens with one attached hydrogen (secondary N) is 3. The molecule has 1 aromatic heterocycles. The van der Waals surface area contributed by atoms with E-state index >= 15 is 0 Å². The summed E-state index contributed by atoms with van der Waals surface area (Å²) >= 11 is 0. The molecule has 1 heterocycles. The highest BCUT2D eigenvalue weighted by atomic mass is 19.1. The van der Waals surface area contributed by atoms with Crippen molar-refractivity contribution in [3.05, 3.63) is 66.1 Å². The Hall–Kier alpha value is -3.15. The van der Waals surface area contributed by atoms with Gasteiger partial charge in [-0.25, -0.2) is 4.39 Å². The lowest BCUT2D eigenvalue weighted by Crippen LogP contribution is -2.44. The fraction of sp³-hybridized carbons (Fsp3) is 0.158. The molecule has 2 amide bonds. The molecule has 0 saturated carbocycles. The van der Waals surface area contributed by atoms with E-state index in [4.69, 9.17) is 0 Å². The topological polar surface area (TPSA) is 74.0 Å². The molecule has 5 nitrogen and oxygen atoms in total. The Morgan fingerprint density at radius 1 is 1.12 bits per heavy atom. The molecule has 1 atom stereocenters. The lowest BCUT2D eigenvalue weighted by atomic mass is 10.0. The molecular formula is C19H18FN3O2. The van der Waals surface area contributed by atoms with Gasteiger partial charge in [-0.3, -0.25) is 9.59 Å². The second kappa shape index (κ2) is 7.17.